The number of hydrogen-bond acceptors (Lipinski definition) is 4. The molecule has 0 aromatic carbocycles. The fourth-order valence-corrected chi connectivity index (χ4v) is 3.52. The molecule has 2 atom stereocenters. The van der Waals surface area contributed by atoms with E-state index in [1.165, 1.54) is 12.1 Å². The lowest BCUT2D eigenvalue weighted by molar-refractivity contribution is -0.0895. The second kappa shape index (κ2) is 5.71. The van der Waals surface area contributed by atoms with Crippen LogP contribution >= 0.6 is 0 Å². The van der Waals surface area contributed by atoms with Crippen LogP contribution in [0.4, 0.5) is 0 Å². The Kier molecular flexibility index (Phi) is 4.08. The number of nitrogens with zero attached hydrogens (tertiary/aromatic N) is 3. The third-order valence-electron chi connectivity index (χ3n) is 5.04. The molecule has 1 N–H and O–H groups in total. The van der Waals surface area contributed by atoms with Gasteiger partial charge < -0.3 is 14.7 Å². The van der Waals surface area contributed by atoms with Gasteiger partial charge in [-0.25, -0.2) is 0 Å². The summed E-state index contributed by atoms with van der Waals surface area (Å²) in [4.78, 5) is 2.45. The minimum Gasteiger partial charge on any atom is -0.390 e. The summed E-state index contributed by atoms with van der Waals surface area (Å²) in [6.07, 6.45) is 4.35. The van der Waals surface area contributed by atoms with Crippen molar-refractivity contribution >= 4 is 0 Å². The van der Waals surface area contributed by atoms with Gasteiger partial charge in [-0.1, -0.05) is 0 Å². The Morgan fingerprint density at radius 2 is 2.19 bits per heavy atom. The Hall–Kier alpha value is -0.910. The van der Waals surface area contributed by atoms with Crippen LogP contribution in [0.2, 0.25) is 0 Å². The number of aliphatic hydroxyl groups is 1. The van der Waals surface area contributed by atoms with Gasteiger partial charge in [0.25, 0.3) is 0 Å². The SMILES string of the molecule is Cn1nccc1[C@@H]1OCCC[C@H]1CN1CC(C(C)(C)O)C1. The van der Waals surface area contributed by atoms with Gasteiger partial charge >= 0.3 is 0 Å². The summed E-state index contributed by atoms with van der Waals surface area (Å²) in [6, 6.07) is 2.07. The molecule has 21 heavy (non-hydrogen) atoms. The fraction of sp³-hybridized carbons (Fsp3) is 0.812. The van der Waals surface area contributed by atoms with Gasteiger partial charge in [-0.05, 0) is 32.8 Å². The number of aromatic nitrogens is 2. The van der Waals surface area contributed by atoms with Crippen LogP contribution in [-0.4, -0.2) is 51.6 Å². The Morgan fingerprint density at radius 3 is 2.81 bits per heavy atom. The van der Waals surface area contributed by atoms with Gasteiger partial charge in [-0.15, -0.1) is 0 Å². The van der Waals surface area contributed by atoms with Gasteiger partial charge in [0, 0.05) is 51.3 Å². The quantitative estimate of drug-likeness (QED) is 0.916. The molecular formula is C16H27N3O2. The van der Waals surface area contributed by atoms with Gasteiger partial charge in [0.05, 0.1) is 11.3 Å². The normalized spacial score (nSPS) is 28.6. The highest BCUT2D eigenvalue weighted by atomic mass is 16.5. The van der Waals surface area contributed by atoms with Gasteiger partial charge in [0.1, 0.15) is 6.10 Å². The number of aryl methyl sites for hydroxylation is 1. The maximum Gasteiger partial charge on any atom is 0.103 e. The number of hydrogen-bond donors (Lipinski definition) is 1. The molecule has 118 valence electrons. The van der Waals surface area contributed by atoms with E-state index in [1.54, 1.807) is 0 Å². The minimum absolute atomic E-state index is 0.160. The van der Waals surface area contributed by atoms with Gasteiger partial charge in [0.15, 0.2) is 0 Å². The highest BCUT2D eigenvalue weighted by Gasteiger charge is 2.40. The van der Waals surface area contributed by atoms with Crippen molar-refractivity contribution in [2.75, 3.05) is 26.2 Å². The molecule has 0 radical (unpaired) electrons. The summed E-state index contributed by atoms with van der Waals surface area (Å²) in [7, 11) is 1.98. The second-order valence-electron chi connectivity index (χ2n) is 7.14. The lowest BCUT2D eigenvalue weighted by Crippen LogP contribution is -2.57. The summed E-state index contributed by atoms with van der Waals surface area (Å²) < 4.78 is 7.97. The third kappa shape index (κ3) is 3.15. The molecule has 5 heteroatoms. The highest BCUT2D eigenvalue weighted by Crippen LogP contribution is 2.36. The van der Waals surface area contributed by atoms with E-state index in [0.717, 1.165) is 32.7 Å². The predicted octanol–water partition coefficient (Wildman–Crippen LogP) is 1.59. The molecule has 2 saturated heterocycles. The van der Waals surface area contributed by atoms with Crippen LogP contribution < -0.4 is 0 Å². The van der Waals surface area contributed by atoms with Crippen LogP contribution in [0.15, 0.2) is 12.3 Å². The van der Waals surface area contributed by atoms with Gasteiger partial charge in [-0.3, -0.25) is 4.68 Å². The number of rotatable bonds is 4. The average Bonchev–Trinajstić information content (AvgIpc) is 2.78. The zero-order chi connectivity index (χ0) is 15.0. The van der Waals surface area contributed by atoms with E-state index in [4.69, 9.17) is 4.74 Å². The highest BCUT2D eigenvalue weighted by molar-refractivity contribution is 5.07. The van der Waals surface area contributed by atoms with Crippen LogP contribution in [0.1, 0.15) is 38.5 Å². The molecule has 3 rings (SSSR count). The van der Waals surface area contributed by atoms with Crippen molar-refractivity contribution in [1.29, 1.82) is 0 Å². The molecule has 1 aromatic rings. The van der Waals surface area contributed by atoms with E-state index in [1.807, 2.05) is 31.8 Å². The van der Waals surface area contributed by atoms with E-state index >= 15 is 0 Å². The molecule has 0 bridgehead atoms. The van der Waals surface area contributed by atoms with Crippen molar-refractivity contribution in [1.82, 2.24) is 14.7 Å². The van der Waals surface area contributed by atoms with Crippen LogP contribution in [0.25, 0.3) is 0 Å². The first-order valence-corrected chi connectivity index (χ1v) is 7.99. The molecule has 1 aromatic heterocycles. The summed E-state index contributed by atoms with van der Waals surface area (Å²) in [5, 5.41) is 14.3. The molecule has 2 aliphatic heterocycles. The molecule has 5 nitrogen and oxygen atoms in total. The summed E-state index contributed by atoms with van der Waals surface area (Å²) in [5.41, 5.74) is 0.625. The van der Waals surface area contributed by atoms with Crippen molar-refractivity contribution in [3.63, 3.8) is 0 Å². The first-order chi connectivity index (χ1) is 9.95. The van der Waals surface area contributed by atoms with E-state index in [9.17, 15) is 5.11 Å². The monoisotopic (exact) mass is 293 g/mol. The summed E-state index contributed by atoms with van der Waals surface area (Å²) in [5.74, 6) is 0.925. The van der Waals surface area contributed by atoms with Crippen molar-refractivity contribution in [3.05, 3.63) is 18.0 Å². The molecule has 2 aliphatic rings. The topological polar surface area (TPSA) is 50.5 Å². The molecular weight excluding hydrogens is 266 g/mol. The molecule has 0 amide bonds. The first-order valence-electron chi connectivity index (χ1n) is 7.99. The second-order valence-corrected chi connectivity index (χ2v) is 7.14. The largest absolute Gasteiger partial charge is 0.390 e. The standard InChI is InChI=1S/C16H27N3O2/c1-16(2,20)13-10-19(11-13)9-12-5-4-8-21-15(12)14-6-7-17-18(14)3/h6-7,12-13,15,20H,4-5,8-11H2,1-3H3/t12-,15+/m0/s1. The zero-order valence-corrected chi connectivity index (χ0v) is 13.3. The lowest BCUT2D eigenvalue weighted by Gasteiger charge is -2.47. The van der Waals surface area contributed by atoms with E-state index in [0.29, 0.717) is 11.8 Å². The van der Waals surface area contributed by atoms with Crippen LogP contribution in [-0.2, 0) is 11.8 Å². The van der Waals surface area contributed by atoms with E-state index < -0.39 is 5.60 Å². The Bertz CT molecular complexity index is 474. The number of ether oxygens (including phenoxy) is 1. The van der Waals surface area contributed by atoms with Gasteiger partial charge in [-0.2, -0.15) is 5.10 Å². The predicted molar refractivity (Wildman–Crippen MR) is 80.9 cm³/mol. The third-order valence-corrected chi connectivity index (χ3v) is 5.04. The van der Waals surface area contributed by atoms with Crippen molar-refractivity contribution in [3.8, 4) is 0 Å². The van der Waals surface area contributed by atoms with Crippen molar-refractivity contribution < 1.29 is 9.84 Å². The Morgan fingerprint density at radius 1 is 1.43 bits per heavy atom. The number of likely N-dealkylation sites (tertiary alicyclic amines) is 1. The summed E-state index contributed by atoms with van der Waals surface area (Å²) >= 11 is 0. The zero-order valence-electron chi connectivity index (χ0n) is 13.3. The molecule has 2 fully saturated rings. The fourth-order valence-electron chi connectivity index (χ4n) is 3.52. The van der Waals surface area contributed by atoms with E-state index in [-0.39, 0.29) is 6.10 Å². The maximum atomic E-state index is 10.0. The van der Waals surface area contributed by atoms with Crippen LogP contribution in [0.5, 0.6) is 0 Å². The summed E-state index contributed by atoms with van der Waals surface area (Å²) in [6.45, 7) is 7.73. The first kappa shape index (κ1) is 15.0. The maximum absolute atomic E-state index is 10.0. The van der Waals surface area contributed by atoms with E-state index in [2.05, 4.69) is 16.1 Å². The smallest absolute Gasteiger partial charge is 0.103 e. The Balaban J connectivity index is 1.60. The van der Waals surface area contributed by atoms with Gasteiger partial charge in [0.2, 0.25) is 0 Å². The van der Waals surface area contributed by atoms with Crippen molar-refractivity contribution in [2.45, 2.75) is 38.4 Å². The molecule has 0 unspecified atom stereocenters. The molecule has 0 saturated carbocycles. The van der Waals surface area contributed by atoms with Crippen LogP contribution in [0, 0.1) is 11.8 Å². The van der Waals surface area contributed by atoms with Crippen LogP contribution in [0.3, 0.4) is 0 Å². The minimum atomic E-state index is -0.555. The molecule has 3 heterocycles. The lowest BCUT2D eigenvalue weighted by atomic mass is 9.82. The molecule has 0 aliphatic carbocycles. The molecule has 0 spiro atoms. The average molecular weight is 293 g/mol. The van der Waals surface area contributed by atoms with Crippen molar-refractivity contribution in [2.24, 2.45) is 18.9 Å². The Labute approximate surface area is 126 Å².